The van der Waals surface area contributed by atoms with Crippen molar-refractivity contribution in [1.29, 1.82) is 0 Å². The molecule has 0 bridgehead atoms. The van der Waals surface area contributed by atoms with Crippen molar-refractivity contribution < 1.29 is 9.53 Å². The van der Waals surface area contributed by atoms with Gasteiger partial charge in [0.1, 0.15) is 11.6 Å². The number of hydrogen-bond acceptors (Lipinski definition) is 3. The van der Waals surface area contributed by atoms with Crippen molar-refractivity contribution >= 4 is 11.8 Å². The van der Waals surface area contributed by atoms with Crippen LogP contribution in [0.2, 0.25) is 0 Å². The highest BCUT2D eigenvalue weighted by molar-refractivity contribution is 5.88. The molecule has 0 saturated heterocycles. The van der Waals surface area contributed by atoms with Crippen molar-refractivity contribution in [2.45, 2.75) is 38.1 Å². The standard InChI is InChI=1S/C19H26N4O2/c1-13(11-15-7-5-6-8-17(15)25-4)22(2)19(24)20-18-12-16(14-9-10-14)21-23(18)3/h5-8,12-14H,9-11H2,1-4H3,(H,20,24)/t13-/m1/s1. The Morgan fingerprint density at radius 3 is 2.84 bits per heavy atom. The summed E-state index contributed by atoms with van der Waals surface area (Å²) in [6.07, 6.45) is 3.12. The monoisotopic (exact) mass is 342 g/mol. The Hall–Kier alpha value is -2.50. The Morgan fingerprint density at radius 2 is 2.16 bits per heavy atom. The summed E-state index contributed by atoms with van der Waals surface area (Å²) in [5.41, 5.74) is 2.16. The number of ether oxygens (including phenoxy) is 1. The van der Waals surface area contributed by atoms with Gasteiger partial charge in [0.15, 0.2) is 0 Å². The van der Waals surface area contributed by atoms with E-state index in [0.29, 0.717) is 5.92 Å². The molecular formula is C19H26N4O2. The molecule has 2 amide bonds. The second-order valence-electron chi connectivity index (χ2n) is 6.76. The van der Waals surface area contributed by atoms with Crippen LogP contribution in [0.15, 0.2) is 30.3 Å². The fraction of sp³-hybridized carbons (Fsp3) is 0.474. The maximum atomic E-state index is 12.6. The molecule has 1 saturated carbocycles. The summed E-state index contributed by atoms with van der Waals surface area (Å²) < 4.78 is 7.14. The number of amides is 2. The van der Waals surface area contributed by atoms with E-state index in [2.05, 4.69) is 10.4 Å². The first kappa shape index (κ1) is 17.3. The minimum atomic E-state index is -0.132. The highest BCUT2D eigenvalue weighted by atomic mass is 16.5. The van der Waals surface area contributed by atoms with Gasteiger partial charge in [-0.1, -0.05) is 18.2 Å². The number of aromatic nitrogens is 2. The average Bonchev–Trinajstić information content (AvgIpc) is 3.39. The predicted octanol–water partition coefficient (Wildman–Crippen LogP) is 3.40. The van der Waals surface area contributed by atoms with Gasteiger partial charge in [-0.15, -0.1) is 0 Å². The number of nitrogens with zero attached hydrogens (tertiary/aromatic N) is 3. The van der Waals surface area contributed by atoms with Crippen molar-refractivity contribution in [1.82, 2.24) is 14.7 Å². The summed E-state index contributed by atoms with van der Waals surface area (Å²) >= 11 is 0. The van der Waals surface area contributed by atoms with Crippen LogP contribution in [0, 0.1) is 0 Å². The molecule has 25 heavy (non-hydrogen) atoms. The van der Waals surface area contributed by atoms with Crippen molar-refractivity contribution in [3.05, 3.63) is 41.6 Å². The fourth-order valence-electron chi connectivity index (χ4n) is 2.91. The van der Waals surface area contributed by atoms with Crippen LogP contribution in [0.5, 0.6) is 5.75 Å². The lowest BCUT2D eigenvalue weighted by Crippen LogP contribution is -2.39. The molecule has 1 aliphatic carbocycles. The molecule has 2 aromatic rings. The molecule has 1 atom stereocenters. The minimum absolute atomic E-state index is 0.0347. The molecule has 1 heterocycles. The van der Waals surface area contributed by atoms with Gasteiger partial charge >= 0.3 is 6.03 Å². The second kappa shape index (κ2) is 7.17. The van der Waals surface area contributed by atoms with Gasteiger partial charge in [-0.2, -0.15) is 5.10 Å². The van der Waals surface area contributed by atoms with Crippen LogP contribution in [0.25, 0.3) is 0 Å². The van der Waals surface area contributed by atoms with E-state index in [1.165, 1.54) is 12.8 Å². The Bertz CT molecular complexity index is 752. The maximum Gasteiger partial charge on any atom is 0.322 e. The third-order valence-electron chi connectivity index (χ3n) is 4.82. The largest absolute Gasteiger partial charge is 0.496 e. The Balaban J connectivity index is 1.63. The van der Waals surface area contributed by atoms with E-state index in [9.17, 15) is 4.79 Å². The number of hydrogen-bond donors (Lipinski definition) is 1. The molecule has 6 nitrogen and oxygen atoms in total. The topological polar surface area (TPSA) is 59.4 Å². The lowest BCUT2D eigenvalue weighted by molar-refractivity contribution is 0.207. The van der Waals surface area contributed by atoms with E-state index in [0.717, 1.165) is 29.2 Å². The SMILES string of the molecule is COc1ccccc1C[C@@H](C)N(C)C(=O)Nc1cc(C2CC2)nn1C. The molecule has 0 aliphatic heterocycles. The smallest absolute Gasteiger partial charge is 0.322 e. The molecule has 1 N–H and O–H groups in total. The minimum Gasteiger partial charge on any atom is -0.496 e. The summed E-state index contributed by atoms with van der Waals surface area (Å²) in [6, 6.07) is 9.79. The number of benzene rings is 1. The third kappa shape index (κ3) is 3.95. The molecule has 3 rings (SSSR count). The number of nitrogens with one attached hydrogen (secondary N) is 1. The van der Waals surface area contributed by atoms with Gasteiger partial charge in [-0.25, -0.2) is 4.79 Å². The number of methoxy groups -OCH3 is 1. The van der Waals surface area contributed by atoms with E-state index < -0.39 is 0 Å². The fourth-order valence-corrected chi connectivity index (χ4v) is 2.91. The van der Waals surface area contributed by atoms with Crippen LogP contribution >= 0.6 is 0 Å². The van der Waals surface area contributed by atoms with Gasteiger partial charge in [0.2, 0.25) is 0 Å². The molecular weight excluding hydrogens is 316 g/mol. The van der Waals surface area contributed by atoms with Crippen LogP contribution in [0.3, 0.4) is 0 Å². The predicted molar refractivity (Wildman–Crippen MR) is 98.1 cm³/mol. The third-order valence-corrected chi connectivity index (χ3v) is 4.82. The maximum absolute atomic E-state index is 12.6. The second-order valence-corrected chi connectivity index (χ2v) is 6.76. The van der Waals surface area contributed by atoms with E-state index in [-0.39, 0.29) is 12.1 Å². The van der Waals surface area contributed by atoms with Crippen LogP contribution in [0.4, 0.5) is 10.6 Å². The molecule has 1 fully saturated rings. The van der Waals surface area contributed by atoms with Crippen LogP contribution < -0.4 is 10.1 Å². The van der Waals surface area contributed by atoms with Crippen molar-refractivity contribution in [2.75, 3.05) is 19.5 Å². The van der Waals surface area contributed by atoms with E-state index >= 15 is 0 Å². The molecule has 1 aromatic heterocycles. The van der Waals surface area contributed by atoms with Gasteiger partial charge in [0, 0.05) is 32.1 Å². The average molecular weight is 342 g/mol. The van der Waals surface area contributed by atoms with Crippen LogP contribution in [0.1, 0.15) is 36.9 Å². The van der Waals surface area contributed by atoms with E-state index in [4.69, 9.17) is 4.74 Å². The number of para-hydroxylation sites is 1. The van der Waals surface area contributed by atoms with Crippen LogP contribution in [-0.2, 0) is 13.5 Å². The van der Waals surface area contributed by atoms with Crippen molar-refractivity contribution in [3.63, 3.8) is 0 Å². The highest BCUT2D eigenvalue weighted by Crippen LogP contribution is 2.39. The number of likely N-dealkylation sites (N-methyl/N-ethyl adjacent to an activating group) is 1. The zero-order chi connectivity index (χ0) is 18.0. The Morgan fingerprint density at radius 1 is 1.44 bits per heavy atom. The first-order chi connectivity index (χ1) is 12.0. The van der Waals surface area contributed by atoms with E-state index in [1.54, 1.807) is 16.7 Å². The summed E-state index contributed by atoms with van der Waals surface area (Å²) in [5.74, 6) is 2.16. The normalized spacial score (nSPS) is 14.9. The van der Waals surface area contributed by atoms with Gasteiger partial charge in [0.25, 0.3) is 0 Å². The molecule has 1 aliphatic rings. The van der Waals surface area contributed by atoms with Crippen molar-refractivity contribution in [3.8, 4) is 5.75 Å². The zero-order valence-electron chi connectivity index (χ0n) is 15.3. The summed E-state index contributed by atoms with van der Waals surface area (Å²) in [4.78, 5) is 14.3. The quantitative estimate of drug-likeness (QED) is 0.875. The summed E-state index contributed by atoms with van der Waals surface area (Å²) in [5, 5.41) is 7.45. The van der Waals surface area contributed by atoms with Crippen molar-refractivity contribution in [2.24, 2.45) is 7.05 Å². The summed E-state index contributed by atoms with van der Waals surface area (Å²) in [6.45, 7) is 2.03. The molecule has 1 aromatic carbocycles. The number of rotatable bonds is 6. The highest BCUT2D eigenvalue weighted by Gasteiger charge is 2.27. The Labute approximate surface area is 148 Å². The van der Waals surface area contributed by atoms with Gasteiger partial charge in [-0.3, -0.25) is 10.00 Å². The number of carbonyl (C=O) groups is 1. The first-order valence-corrected chi connectivity index (χ1v) is 8.69. The Kier molecular flexibility index (Phi) is 4.97. The lowest BCUT2D eigenvalue weighted by atomic mass is 10.1. The number of anilines is 1. The van der Waals surface area contributed by atoms with Crippen LogP contribution in [-0.4, -0.2) is 40.9 Å². The number of urea groups is 1. The molecule has 0 radical (unpaired) electrons. The molecule has 0 unspecified atom stereocenters. The van der Waals surface area contributed by atoms with Gasteiger partial charge < -0.3 is 9.64 Å². The zero-order valence-corrected chi connectivity index (χ0v) is 15.3. The molecule has 6 heteroatoms. The molecule has 134 valence electrons. The van der Waals surface area contributed by atoms with E-state index in [1.807, 2.05) is 51.4 Å². The summed E-state index contributed by atoms with van der Waals surface area (Å²) in [7, 11) is 5.34. The van der Waals surface area contributed by atoms with Gasteiger partial charge in [-0.05, 0) is 37.8 Å². The lowest BCUT2D eigenvalue weighted by Gasteiger charge is -2.25. The molecule has 0 spiro atoms. The van der Waals surface area contributed by atoms with Gasteiger partial charge in [0.05, 0.1) is 12.8 Å². The first-order valence-electron chi connectivity index (χ1n) is 8.69. The number of carbonyl (C=O) groups excluding carboxylic acids is 1. The number of aryl methyl sites for hydroxylation is 1.